The van der Waals surface area contributed by atoms with Crippen LogP contribution in [0, 0.1) is 5.92 Å². The molecule has 0 aromatic heterocycles. The molecule has 1 saturated heterocycles. The molecule has 5 heteroatoms. The highest BCUT2D eigenvalue weighted by atomic mass is 35.5. The quantitative estimate of drug-likeness (QED) is 0.389. The van der Waals surface area contributed by atoms with Crippen molar-refractivity contribution < 1.29 is 9.59 Å². The number of halogens is 1. The van der Waals surface area contributed by atoms with E-state index in [0.717, 1.165) is 50.1 Å². The summed E-state index contributed by atoms with van der Waals surface area (Å²) < 4.78 is 0. The number of Topliss-reactive ketones (excluding diaryl/α,β-unsaturated/α-hetero) is 1. The lowest BCUT2D eigenvalue weighted by atomic mass is 9.87. The fraction of sp³-hybridized carbons (Fsp3) is 0.517. The number of hydrogen-bond donors (Lipinski definition) is 1. The summed E-state index contributed by atoms with van der Waals surface area (Å²) in [5.74, 6) is 1.44. The lowest BCUT2D eigenvalue weighted by Gasteiger charge is -2.32. The van der Waals surface area contributed by atoms with Gasteiger partial charge in [0, 0.05) is 29.1 Å². The van der Waals surface area contributed by atoms with E-state index in [1.807, 2.05) is 18.2 Å². The minimum absolute atomic E-state index is 0.159. The van der Waals surface area contributed by atoms with E-state index in [-0.39, 0.29) is 11.7 Å². The molecule has 4 rings (SSSR count). The van der Waals surface area contributed by atoms with Crippen LogP contribution in [-0.4, -0.2) is 36.2 Å². The number of hydrogen-bond acceptors (Lipinski definition) is 3. The summed E-state index contributed by atoms with van der Waals surface area (Å²) in [6, 6.07) is 15.6. The molecule has 4 nitrogen and oxygen atoms in total. The van der Waals surface area contributed by atoms with Gasteiger partial charge in [0.05, 0.1) is 0 Å². The van der Waals surface area contributed by atoms with Crippen LogP contribution in [-0.2, 0) is 4.79 Å². The summed E-state index contributed by atoms with van der Waals surface area (Å²) in [6.45, 7) is 3.07. The molecule has 1 N–H and O–H groups in total. The SMILES string of the molecule is O=C(CC1CCCCC1)Nc1cccc(C2CCN(CCCC(=O)c3ccc(Cl)cc3)CC2)c1. The van der Waals surface area contributed by atoms with Crippen molar-refractivity contribution in [3.63, 3.8) is 0 Å². The number of benzene rings is 2. The van der Waals surface area contributed by atoms with E-state index < -0.39 is 0 Å². The van der Waals surface area contributed by atoms with Gasteiger partial charge >= 0.3 is 0 Å². The van der Waals surface area contributed by atoms with Crippen molar-refractivity contribution in [1.82, 2.24) is 4.90 Å². The number of nitrogens with zero attached hydrogens (tertiary/aromatic N) is 1. The molecular weight excluding hydrogens is 444 g/mol. The molecule has 1 aliphatic carbocycles. The van der Waals surface area contributed by atoms with Crippen LogP contribution < -0.4 is 5.32 Å². The van der Waals surface area contributed by atoms with Gasteiger partial charge in [-0.25, -0.2) is 0 Å². The fourth-order valence-corrected chi connectivity index (χ4v) is 5.60. The van der Waals surface area contributed by atoms with Crippen molar-refractivity contribution in [3.05, 3.63) is 64.7 Å². The minimum atomic E-state index is 0.159. The van der Waals surface area contributed by atoms with Gasteiger partial charge in [-0.2, -0.15) is 0 Å². The maximum atomic E-state index is 12.5. The van der Waals surface area contributed by atoms with Crippen molar-refractivity contribution in [2.75, 3.05) is 25.0 Å². The van der Waals surface area contributed by atoms with Crippen LogP contribution in [0.4, 0.5) is 5.69 Å². The molecule has 2 aromatic rings. The van der Waals surface area contributed by atoms with Crippen LogP contribution in [0.5, 0.6) is 0 Å². The number of likely N-dealkylation sites (tertiary alicyclic amines) is 1. The molecule has 1 saturated carbocycles. The lowest BCUT2D eigenvalue weighted by molar-refractivity contribution is -0.117. The normalized spacial score (nSPS) is 18.0. The third-order valence-corrected chi connectivity index (χ3v) is 7.72. The number of nitrogens with one attached hydrogen (secondary N) is 1. The number of ketones is 1. The Morgan fingerprint density at radius 2 is 1.68 bits per heavy atom. The topological polar surface area (TPSA) is 49.4 Å². The van der Waals surface area contributed by atoms with E-state index in [2.05, 4.69) is 28.4 Å². The molecule has 182 valence electrons. The predicted octanol–water partition coefficient (Wildman–Crippen LogP) is 7.09. The van der Waals surface area contributed by atoms with E-state index >= 15 is 0 Å². The van der Waals surface area contributed by atoms with Gasteiger partial charge in [0.15, 0.2) is 5.78 Å². The van der Waals surface area contributed by atoms with Gasteiger partial charge in [-0.3, -0.25) is 9.59 Å². The van der Waals surface area contributed by atoms with Gasteiger partial charge < -0.3 is 10.2 Å². The zero-order valence-corrected chi connectivity index (χ0v) is 20.9. The molecule has 2 fully saturated rings. The van der Waals surface area contributed by atoms with Crippen molar-refractivity contribution in [1.29, 1.82) is 0 Å². The summed E-state index contributed by atoms with van der Waals surface area (Å²) in [5, 5.41) is 3.80. The first-order chi connectivity index (χ1) is 16.6. The predicted molar refractivity (Wildman–Crippen MR) is 140 cm³/mol. The van der Waals surface area contributed by atoms with E-state index in [0.29, 0.717) is 29.7 Å². The second-order valence-corrected chi connectivity index (χ2v) is 10.5. The Kier molecular flexibility index (Phi) is 9.18. The fourth-order valence-electron chi connectivity index (χ4n) is 5.47. The Labute approximate surface area is 209 Å². The van der Waals surface area contributed by atoms with Gasteiger partial charge in [0.1, 0.15) is 0 Å². The van der Waals surface area contributed by atoms with Crippen molar-refractivity contribution >= 4 is 29.0 Å². The maximum absolute atomic E-state index is 12.5. The first kappa shape index (κ1) is 24.9. The smallest absolute Gasteiger partial charge is 0.224 e. The van der Waals surface area contributed by atoms with E-state index in [1.165, 1.54) is 37.7 Å². The number of amides is 1. The molecular formula is C29H37ClN2O2. The molecule has 34 heavy (non-hydrogen) atoms. The second kappa shape index (κ2) is 12.5. The average Bonchev–Trinajstić information content (AvgIpc) is 2.85. The molecule has 2 aliphatic rings. The third-order valence-electron chi connectivity index (χ3n) is 7.47. The number of piperidine rings is 1. The Hall–Kier alpha value is -2.17. The molecule has 0 unspecified atom stereocenters. The molecule has 0 atom stereocenters. The summed E-state index contributed by atoms with van der Waals surface area (Å²) in [7, 11) is 0. The largest absolute Gasteiger partial charge is 0.326 e. The molecule has 0 bridgehead atoms. The Morgan fingerprint density at radius 3 is 2.41 bits per heavy atom. The Balaban J connectivity index is 1.19. The Bertz CT molecular complexity index is 945. The van der Waals surface area contributed by atoms with Crippen LogP contribution in [0.2, 0.25) is 5.02 Å². The second-order valence-electron chi connectivity index (χ2n) is 10.0. The van der Waals surface area contributed by atoms with E-state index in [4.69, 9.17) is 11.6 Å². The first-order valence-corrected chi connectivity index (χ1v) is 13.4. The molecule has 1 aliphatic heterocycles. The van der Waals surface area contributed by atoms with Gasteiger partial charge in [-0.15, -0.1) is 0 Å². The first-order valence-electron chi connectivity index (χ1n) is 13.0. The van der Waals surface area contributed by atoms with Gasteiger partial charge in [-0.05, 0) is 106 Å². The number of rotatable bonds is 9. The molecule has 1 amide bonds. The maximum Gasteiger partial charge on any atom is 0.224 e. The van der Waals surface area contributed by atoms with Crippen LogP contribution in [0.15, 0.2) is 48.5 Å². The van der Waals surface area contributed by atoms with Crippen LogP contribution in [0.25, 0.3) is 0 Å². The number of carbonyl (C=O) groups excluding carboxylic acids is 2. The molecule has 0 radical (unpaired) electrons. The van der Waals surface area contributed by atoms with Crippen molar-refractivity contribution in [2.45, 2.75) is 70.1 Å². The van der Waals surface area contributed by atoms with E-state index in [1.54, 1.807) is 12.1 Å². The monoisotopic (exact) mass is 480 g/mol. The standard InChI is InChI=1S/C29H37ClN2O2/c30-26-13-11-24(12-14-26)28(33)10-5-17-32-18-15-23(16-19-32)25-8-4-9-27(21-25)31-29(34)20-22-6-2-1-3-7-22/h4,8-9,11-14,21-23H,1-3,5-7,10,15-20H2,(H,31,34). The van der Waals surface area contributed by atoms with Gasteiger partial charge in [0.2, 0.25) is 5.91 Å². The summed E-state index contributed by atoms with van der Waals surface area (Å²) in [5.41, 5.74) is 3.00. The summed E-state index contributed by atoms with van der Waals surface area (Å²) >= 11 is 5.91. The highest BCUT2D eigenvalue weighted by molar-refractivity contribution is 6.30. The van der Waals surface area contributed by atoms with Crippen molar-refractivity contribution in [2.24, 2.45) is 5.92 Å². The zero-order chi connectivity index (χ0) is 23.8. The van der Waals surface area contributed by atoms with Crippen LogP contribution >= 0.6 is 11.6 Å². The van der Waals surface area contributed by atoms with Gasteiger partial charge in [-0.1, -0.05) is 43.0 Å². The zero-order valence-electron chi connectivity index (χ0n) is 20.1. The average molecular weight is 481 g/mol. The van der Waals surface area contributed by atoms with Crippen LogP contribution in [0.3, 0.4) is 0 Å². The molecule has 1 heterocycles. The third kappa shape index (κ3) is 7.41. The van der Waals surface area contributed by atoms with E-state index in [9.17, 15) is 9.59 Å². The highest BCUT2D eigenvalue weighted by Crippen LogP contribution is 2.30. The number of carbonyl (C=O) groups is 2. The number of anilines is 1. The highest BCUT2D eigenvalue weighted by Gasteiger charge is 2.21. The van der Waals surface area contributed by atoms with Gasteiger partial charge in [0.25, 0.3) is 0 Å². The summed E-state index contributed by atoms with van der Waals surface area (Å²) in [6.07, 6.45) is 10.6. The Morgan fingerprint density at radius 1 is 0.941 bits per heavy atom. The summed E-state index contributed by atoms with van der Waals surface area (Å²) in [4.78, 5) is 27.4. The van der Waals surface area contributed by atoms with Crippen molar-refractivity contribution in [3.8, 4) is 0 Å². The van der Waals surface area contributed by atoms with Crippen LogP contribution in [0.1, 0.15) is 86.0 Å². The lowest BCUT2D eigenvalue weighted by Crippen LogP contribution is -2.33. The minimum Gasteiger partial charge on any atom is -0.326 e. The molecule has 2 aromatic carbocycles. The molecule has 0 spiro atoms.